The van der Waals surface area contributed by atoms with Gasteiger partial charge in [-0.3, -0.25) is 0 Å². The van der Waals surface area contributed by atoms with Gasteiger partial charge in [-0.1, -0.05) is 6.07 Å². The van der Waals surface area contributed by atoms with Gasteiger partial charge in [-0.05, 0) is 39.0 Å². The molecular formula is C22H25N5O3. The van der Waals surface area contributed by atoms with Crippen LogP contribution in [-0.4, -0.2) is 58.6 Å². The lowest BCUT2D eigenvalue weighted by molar-refractivity contribution is 0.0526. The maximum Gasteiger partial charge on any atom is 0.338 e. The van der Waals surface area contributed by atoms with Gasteiger partial charge in [0.15, 0.2) is 0 Å². The van der Waals surface area contributed by atoms with Crippen molar-refractivity contribution in [3.8, 4) is 16.8 Å². The van der Waals surface area contributed by atoms with E-state index in [2.05, 4.69) is 14.9 Å². The van der Waals surface area contributed by atoms with Crippen molar-refractivity contribution >= 4 is 11.9 Å². The predicted octanol–water partition coefficient (Wildman–Crippen LogP) is 2.96. The minimum absolute atomic E-state index is 0.340. The number of aromatic nitrogens is 4. The van der Waals surface area contributed by atoms with E-state index in [0.717, 1.165) is 41.3 Å². The number of benzene rings is 1. The number of carbonyl (C=O) groups excluding carboxylic acids is 1. The van der Waals surface area contributed by atoms with Crippen LogP contribution in [0.15, 0.2) is 36.7 Å². The Labute approximate surface area is 175 Å². The van der Waals surface area contributed by atoms with E-state index in [1.807, 2.05) is 43.1 Å². The Morgan fingerprint density at radius 1 is 1.17 bits per heavy atom. The van der Waals surface area contributed by atoms with Gasteiger partial charge in [0.25, 0.3) is 0 Å². The summed E-state index contributed by atoms with van der Waals surface area (Å²) in [5.41, 5.74) is 5.03. The van der Waals surface area contributed by atoms with Crippen molar-refractivity contribution in [1.29, 1.82) is 0 Å². The second-order valence-corrected chi connectivity index (χ2v) is 7.10. The van der Waals surface area contributed by atoms with Crippen LogP contribution in [-0.2, 0) is 9.47 Å². The number of esters is 1. The third-order valence-electron chi connectivity index (χ3n) is 5.11. The first-order valence-electron chi connectivity index (χ1n) is 10.1. The van der Waals surface area contributed by atoms with Gasteiger partial charge in [0.05, 0.1) is 36.8 Å². The molecule has 2 aromatic heterocycles. The van der Waals surface area contributed by atoms with Gasteiger partial charge in [0.1, 0.15) is 0 Å². The molecule has 1 fully saturated rings. The molecule has 0 spiro atoms. The Bertz CT molecular complexity index is 1040. The Balaban J connectivity index is 1.64. The average molecular weight is 407 g/mol. The highest BCUT2D eigenvalue weighted by atomic mass is 16.5. The second-order valence-electron chi connectivity index (χ2n) is 7.10. The van der Waals surface area contributed by atoms with Crippen molar-refractivity contribution in [1.82, 2.24) is 19.7 Å². The molecule has 156 valence electrons. The van der Waals surface area contributed by atoms with Crippen LogP contribution < -0.4 is 4.90 Å². The number of hydrogen-bond acceptors (Lipinski definition) is 7. The number of aryl methyl sites for hydroxylation is 1. The number of rotatable bonds is 5. The summed E-state index contributed by atoms with van der Waals surface area (Å²) in [4.78, 5) is 23.3. The number of ether oxygens (including phenoxy) is 2. The molecule has 1 aromatic carbocycles. The fourth-order valence-electron chi connectivity index (χ4n) is 3.67. The molecule has 3 aromatic rings. The summed E-state index contributed by atoms with van der Waals surface area (Å²) in [6.07, 6.45) is 3.68. The molecule has 8 nitrogen and oxygen atoms in total. The maximum absolute atomic E-state index is 12.1. The molecular weight excluding hydrogens is 382 g/mol. The van der Waals surface area contributed by atoms with E-state index >= 15 is 0 Å². The van der Waals surface area contributed by atoms with Crippen LogP contribution in [0.3, 0.4) is 0 Å². The largest absolute Gasteiger partial charge is 0.462 e. The van der Waals surface area contributed by atoms with E-state index < -0.39 is 0 Å². The van der Waals surface area contributed by atoms with Crippen molar-refractivity contribution in [3.63, 3.8) is 0 Å². The standard InChI is InChI=1S/C22H25N5O3/c1-4-30-21(28)17-6-5-7-19(12-17)27-16(3)20(15(2)25-27)18-13-23-22(24-14-18)26-8-10-29-11-9-26/h5-7,12-14H,4,8-11H2,1-3H3. The van der Waals surface area contributed by atoms with Gasteiger partial charge in [0, 0.05) is 42.3 Å². The van der Waals surface area contributed by atoms with Crippen molar-refractivity contribution in [2.45, 2.75) is 20.8 Å². The summed E-state index contributed by atoms with van der Waals surface area (Å²) in [7, 11) is 0. The summed E-state index contributed by atoms with van der Waals surface area (Å²) in [6, 6.07) is 7.29. The lowest BCUT2D eigenvalue weighted by Gasteiger charge is -2.26. The predicted molar refractivity (Wildman–Crippen MR) is 113 cm³/mol. The molecule has 30 heavy (non-hydrogen) atoms. The average Bonchev–Trinajstić information content (AvgIpc) is 3.08. The fraction of sp³-hybridized carbons (Fsp3) is 0.364. The van der Waals surface area contributed by atoms with Crippen LogP contribution in [0, 0.1) is 13.8 Å². The van der Waals surface area contributed by atoms with E-state index in [4.69, 9.17) is 14.6 Å². The topological polar surface area (TPSA) is 82.4 Å². The Morgan fingerprint density at radius 3 is 2.60 bits per heavy atom. The third-order valence-corrected chi connectivity index (χ3v) is 5.11. The minimum atomic E-state index is -0.340. The zero-order valence-electron chi connectivity index (χ0n) is 17.5. The van der Waals surface area contributed by atoms with Gasteiger partial charge >= 0.3 is 5.97 Å². The summed E-state index contributed by atoms with van der Waals surface area (Å²) in [6.45, 7) is 9.08. The maximum atomic E-state index is 12.1. The summed E-state index contributed by atoms with van der Waals surface area (Å²) >= 11 is 0. The lowest BCUT2D eigenvalue weighted by Crippen LogP contribution is -2.37. The third kappa shape index (κ3) is 3.91. The van der Waals surface area contributed by atoms with Crippen LogP contribution in [0.5, 0.6) is 0 Å². The minimum Gasteiger partial charge on any atom is -0.462 e. The van der Waals surface area contributed by atoms with Crippen LogP contribution >= 0.6 is 0 Å². The van der Waals surface area contributed by atoms with Crippen molar-refractivity contribution in [2.75, 3.05) is 37.8 Å². The first-order valence-corrected chi connectivity index (χ1v) is 10.1. The van der Waals surface area contributed by atoms with Crippen molar-refractivity contribution in [3.05, 3.63) is 53.6 Å². The Kier molecular flexibility index (Phi) is 5.76. The van der Waals surface area contributed by atoms with Crippen LogP contribution in [0.4, 0.5) is 5.95 Å². The van der Waals surface area contributed by atoms with Gasteiger partial charge in [-0.15, -0.1) is 0 Å². The zero-order valence-corrected chi connectivity index (χ0v) is 17.5. The van der Waals surface area contributed by atoms with E-state index in [-0.39, 0.29) is 5.97 Å². The van der Waals surface area contributed by atoms with Gasteiger partial charge < -0.3 is 14.4 Å². The van der Waals surface area contributed by atoms with Crippen LogP contribution in [0.25, 0.3) is 16.8 Å². The normalized spacial score (nSPS) is 14.0. The lowest BCUT2D eigenvalue weighted by atomic mass is 10.1. The number of morpholine rings is 1. The Morgan fingerprint density at radius 2 is 1.90 bits per heavy atom. The SMILES string of the molecule is CCOC(=O)c1cccc(-n2nc(C)c(-c3cnc(N4CCOCC4)nc3)c2C)c1. The molecule has 4 rings (SSSR count). The van der Waals surface area contributed by atoms with Crippen LogP contribution in [0.1, 0.15) is 28.7 Å². The highest BCUT2D eigenvalue weighted by Crippen LogP contribution is 2.28. The molecule has 8 heteroatoms. The summed E-state index contributed by atoms with van der Waals surface area (Å²) in [5.74, 6) is 0.375. The molecule has 0 amide bonds. The molecule has 0 atom stereocenters. The molecule has 1 saturated heterocycles. The number of nitrogens with zero attached hydrogens (tertiary/aromatic N) is 5. The first kappa shape index (κ1) is 20.0. The van der Waals surface area contributed by atoms with Gasteiger partial charge in [-0.25, -0.2) is 19.4 Å². The molecule has 0 saturated carbocycles. The summed E-state index contributed by atoms with van der Waals surface area (Å²) < 4.78 is 12.3. The van der Waals surface area contributed by atoms with E-state index in [0.29, 0.717) is 31.3 Å². The van der Waals surface area contributed by atoms with E-state index in [9.17, 15) is 4.79 Å². The molecule has 0 N–H and O–H groups in total. The van der Waals surface area contributed by atoms with E-state index in [1.54, 1.807) is 19.1 Å². The number of anilines is 1. The molecule has 1 aliphatic rings. The summed E-state index contributed by atoms with van der Waals surface area (Å²) in [5, 5.41) is 4.70. The first-order chi connectivity index (χ1) is 14.6. The highest BCUT2D eigenvalue weighted by Gasteiger charge is 2.18. The molecule has 0 radical (unpaired) electrons. The fourth-order valence-corrected chi connectivity index (χ4v) is 3.67. The second kappa shape index (κ2) is 8.62. The van der Waals surface area contributed by atoms with E-state index in [1.165, 1.54) is 0 Å². The molecule has 3 heterocycles. The smallest absolute Gasteiger partial charge is 0.338 e. The highest BCUT2D eigenvalue weighted by molar-refractivity contribution is 5.90. The Hall–Kier alpha value is -3.26. The zero-order chi connectivity index (χ0) is 21.1. The molecule has 0 unspecified atom stereocenters. The van der Waals surface area contributed by atoms with Crippen molar-refractivity contribution < 1.29 is 14.3 Å². The van der Waals surface area contributed by atoms with Gasteiger partial charge in [0.2, 0.25) is 5.95 Å². The molecule has 0 aliphatic carbocycles. The van der Waals surface area contributed by atoms with Gasteiger partial charge in [-0.2, -0.15) is 5.10 Å². The number of hydrogen-bond donors (Lipinski definition) is 0. The molecule has 0 bridgehead atoms. The number of carbonyl (C=O) groups is 1. The quantitative estimate of drug-likeness (QED) is 0.601. The van der Waals surface area contributed by atoms with Crippen molar-refractivity contribution in [2.24, 2.45) is 0 Å². The molecule has 1 aliphatic heterocycles. The monoisotopic (exact) mass is 407 g/mol. The van der Waals surface area contributed by atoms with Crippen LogP contribution in [0.2, 0.25) is 0 Å².